The molecule has 2 aromatic heterocycles. The Morgan fingerprint density at radius 2 is 0.639 bits per heavy atom. The molecule has 9 aromatic carbocycles. The molecule has 11 aromatic rings. The summed E-state index contributed by atoms with van der Waals surface area (Å²) >= 11 is 1.87. The molecule has 0 amide bonds. The van der Waals surface area contributed by atoms with Crippen molar-refractivity contribution in [2.45, 2.75) is 0 Å². The predicted molar refractivity (Wildman–Crippen MR) is 256 cm³/mol. The molecule has 0 atom stereocenters. The van der Waals surface area contributed by atoms with Crippen molar-refractivity contribution in [3.8, 4) is 89.8 Å². The predicted octanol–water partition coefficient (Wildman–Crippen LogP) is 15.6. The lowest BCUT2D eigenvalue weighted by molar-refractivity contribution is 1.07. The minimum absolute atomic E-state index is 0.618. The van der Waals surface area contributed by atoms with Crippen LogP contribution in [0.3, 0.4) is 0 Å². The standard InChI is InChI=1S/C57H37N3S/c1-3-16-39(17-4-1)46-24-7-9-27-51(46)56-58-55(59-57(60-56)52-28-10-8-25-47(52)40-18-5-2-6-19-40)45-23-14-22-44(37-45)43-21-13-20-42(36-43)38-32-34-41(35-33-38)48-29-15-30-50-49-26-11-12-31-53(49)61-54(48)50/h1-37H. The number of rotatable bonds is 8. The van der Waals surface area contributed by atoms with Gasteiger partial charge in [-0.1, -0.05) is 206 Å². The molecule has 0 saturated heterocycles. The lowest BCUT2D eigenvalue weighted by atomic mass is 9.96. The maximum absolute atomic E-state index is 5.23. The molecule has 2 heterocycles. The lowest BCUT2D eigenvalue weighted by Gasteiger charge is -2.14. The van der Waals surface area contributed by atoms with Crippen molar-refractivity contribution in [2.75, 3.05) is 0 Å². The first-order chi connectivity index (χ1) is 30.2. The molecule has 0 aliphatic carbocycles. The Morgan fingerprint density at radius 3 is 1.26 bits per heavy atom. The highest BCUT2D eigenvalue weighted by molar-refractivity contribution is 7.26. The number of aromatic nitrogens is 3. The Labute approximate surface area is 359 Å². The normalized spacial score (nSPS) is 11.3. The van der Waals surface area contributed by atoms with E-state index >= 15 is 0 Å². The Kier molecular flexibility index (Phi) is 9.38. The molecular formula is C57H37N3S. The molecule has 11 rings (SSSR count). The molecule has 0 saturated carbocycles. The molecular weight excluding hydrogens is 759 g/mol. The molecule has 0 unspecified atom stereocenters. The summed E-state index contributed by atoms with van der Waals surface area (Å²) in [6.45, 7) is 0. The van der Waals surface area contributed by atoms with Crippen LogP contribution in [-0.4, -0.2) is 15.0 Å². The van der Waals surface area contributed by atoms with Crippen molar-refractivity contribution in [3.63, 3.8) is 0 Å². The zero-order valence-electron chi connectivity index (χ0n) is 33.1. The second-order valence-electron chi connectivity index (χ2n) is 15.1. The van der Waals surface area contributed by atoms with Crippen molar-refractivity contribution in [1.82, 2.24) is 15.0 Å². The van der Waals surface area contributed by atoms with Crippen LogP contribution in [0.25, 0.3) is 110 Å². The molecule has 0 N–H and O–H groups in total. The van der Waals surface area contributed by atoms with E-state index in [-0.39, 0.29) is 0 Å². The Balaban J connectivity index is 0.980. The highest BCUT2D eigenvalue weighted by atomic mass is 32.1. The monoisotopic (exact) mass is 795 g/mol. The summed E-state index contributed by atoms with van der Waals surface area (Å²) in [5.41, 5.74) is 14.2. The van der Waals surface area contributed by atoms with Gasteiger partial charge in [-0.25, -0.2) is 15.0 Å². The number of hydrogen-bond donors (Lipinski definition) is 0. The first-order valence-corrected chi connectivity index (χ1v) is 21.3. The second-order valence-corrected chi connectivity index (χ2v) is 16.2. The van der Waals surface area contributed by atoms with Crippen molar-refractivity contribution in [2.24, 2.45) is 0 Å². The van der Waals surface area contributed by atoms with Crippen LogP contribution < -0.4 is 0 Å². The summed E-state index contributed by atoms with van der Waals surface area (Å²) in [6, 6.07) is 79.2. The zero-order valence-corrected chi connectivity index (χ0v) is 33.9. The Hall–Kier alpha value is -7.79. The minimum Gasteiger partial charge on any atom is -0.208 e. The molecule has 0 aliphatic heterocycles. The van der Waals surface area contributed by atoms with Gasteiger partial charge in [0.1, 0.15) is 0 Å². The molecule has 4 heteroatoms. The summed E-state index contributed by atoms with van der Waals surface area (Å²) < 4.78 is 2.65. The smallest absolute Gasteiger partial charge is 0.164 e. The maximum Gasteiger partial charge on any atom is 0.164 e. The van der Waals surface area contributed by atoms with E-state index in [0.717, 1.165) is 55.6 Å². The first-order valence-electron chi connectivity index (χ1n) is 20.5. The van der Waals surface area contributed by atoms with Crippen LogP contribution in [0.15, 0.2) is 224 Å². The van der Waals surface area contributed by atoms with E-state index < -0.39 is 0 Å². The van der Waals surface area contributed by atoms with Crippen molar-refractivity contribution < 1.29 is 0 Å². The number of thiophene rings is 1. The van der Waals surface area contributed by atoms with Gasteiger partial charge in [0, 0.05) is 36.9 Å². The van der Waals surface area contributed by atoms with E-state index in [2.05, 4.69) is 212 Å². The Bertz CT molecular complexity index is 3250. The van der Waals surface area contributed by atoms with Gasteiger partial charge in [-0.15, -0.1) is 11.3 Å². The highest BCUT2D eigenvalue weighted by Crippen LogP contribution is 2.41. The second kappa shape index (κ2) is 15.8. The van der Waals surface area contributed by atoms with Crippen LogP contribution >= 0.6 is 11.3 Å². The van der Waals surface area contributed by atoms with E-state index in [1.54, 1.807) is 0 Å². The molecule has 0 fully saturated rings. The largest absolute Gasteiger partial charge is 0.208 e. The SMILES string of the molecule is c1ccc(-c2ccccc2-c2nc(-c3cccc(-c4cccc(-c5ccc(-c6cccc7c6sc6ccccc67)cc5)c4)c3)nc(-c3ccccc3-c3ccccc3)n2)cc1. The summed E-state index contributed by atoms with van der Waals surface area (Å²) in [7, 11) is 0. The highest BCUT2D eigenvalue weighted by Gasteiger charge is 2.18. The number of hydrogen-bond acceptors (Lipinski definition) is 4. The van der Waals surface area contributed by atoms with Crippen LogP contribution in [0.2, 0.25) is 0 Å². The third-order valence-electron chi connectivity index (χ3n) is 11.4. The van der Waals surface area contributed by atoms with E-state index in [4.69, 9.17) is 15.0 Å². The Morgan fingerprint density at radius 1 is 0.246 bits per heavy atom. The van der Waals surface area contributed by atoms with Gasteiger partial charge in [0.2, 0.25) is 0 Å². The van der Waals surface area contributed by atoms with E-state index in [9.17, 15) is 0 Å². The van der Waals surface area contributed by atoms with Gasteiger partial charge in [0.25, 0.3) is 0 Å². The third-order valence-corrected chi connectivity index (χ3v) is 12.6. The van der Waals surface area contributed by atoms with E-state index in [1.807, 2.05) is 23.5 Å². The molecule has 61 heavy (non-hydrogen) atoms. The lowest BCUT2D eigenvalue weighted by Crippen LogP contribution is -2.02. The van der Waals surface area contributed by atoms with Crippen LogP contribution in [0.5, 0.6) is 0 Å². The topological polar surface area (TPSA) is 38.7 Å². The van der Waals surface area contributed by atoms with Gasteiger partial charge in [0.15, 0.2) is 17.5 Å². The number of fused-ring (bicyclic) bond motifs is 3. The van der Waals surface area contributed by atoms with Gasteiger partial charge >= 0.3 is 0 Å². The summed E-state index contributed by atoms with van der Waals surface area (Å²) in [4.78, 5) is 15.7. The minimum atomic E-state index is 0.618. The van der Waals surface area contributed by atoms with Gasteiger partial charge in [0.05, 0.1) is 0 Å². The average molecular weight is 796 g/mol. The van der Waals surface area contributed by atoms with Gasteiger partial charge < -0.3 is 0 Å². The quantitative estimate of drug-likeness (QED) is 0.154. The van der Waals surface area contributed by atoms with Gasteiger partial charge in [-0.2, -0.15) is 0 Å². The van der Waals surface area contributed by atoms with Crippen LogP contribution in [0.4, 0.5) is 0 Å². The van der Waals surface area contributed by atoms with E-state index in [0.29, 0.717) is 17.5 Å². The van der Waals surface area contributed by atoms with Crippen molar-refractivity contribution in [3.05, 3.63) is 224 Å². The molecule has 0 spiro atoms. The van der Waals surface area contributed by atoms with Crippen molar-refractivity contribution >= 4 is 31.5 Å². The average Bonchev–Trinajstić information content (AvgIpc) is 3.74. The summed E-state index contributed by atoms with van der Waals surface area (Å²) in [5.74, 6) is 1.87. The summed E-state index contributed by atoms with van der Waals surface area (Å²) in [6.07, 6.45) is 0. The fourth-order valence-electron chi connectivity index (χ4n) is 8.37. The molecule has 286 valence electrons. The van der Waals surface area contributed by atoms with Crippen LogP contribution in [-0.2, 0) is 0 Å². The molecule has 3 nitrogen and oxygen atoms in total. The van der Waals surface area contributed by atoms with E-state index in [1.165, 1.54) is 36.9 Å². The van der Waals surface area contributed by atoms with Crippen LogP contribution in [0.1, 0.15) is 0 Å². The number of benzene rings is 9. The third kappa shape index (κ3) is 6.99. The van der Waals surface area contributed by atoms with Gasteiger partial charge in [-0.05, 0) is 73.8 Å². The fraction of sp³-hybridized carbons (Fsp3) is 0. The van der Waals surface area contributed by atoms with Gasteiger partial charge in [-0.3, -0.25) is 0 Å². The first kappa shape index (κ1) is 36.3. The fourth-order valence-corrected chi connectivity index (χ4v) is 9.61. The number of nitrogens with zero attached hydrogens (tertiary/aromatic N) is 3. The maximum atomic E-state index is 5.23. The molecule has 0 bridgehead atoms. The zero-order chi connectivity index (χ0) is 40.5. The van der Waals surface area contributed by atoms with Crippen LogP contribution in [0, 0.1) is 0 Å². The summed E-state index contributed by atoms with van der Waals surface area (Å²) in [5, 5.41) is 2.63. The molecule has 0 radical (unpaired) electrons. The molecule has 0 aliphatic rings. The van der Waals surface area contributed by atoms with Crippen molar-refractivity contribution in [1.29, 1.82) is 0 Å².